The fraction of sp³-hybridized carbons (Fsp3) is 0.226. The average Bonchev–Trinajstić information content (AvgIpc) is 3.24. The van der Waals surface area contributed by atoms with Gasteiger partial charge in [0.05, 0.1) is 12.7 Å². The van der Waals surface area contributed by atoms with Crippen molar-refractivity contribution in [3.05, 3.63) is 82.3 Å². The number of aliphatic hydroxyl groups is 1. The summed E-state index contributed by atoms with van der Waals surface area (Å²) in [6.07, 6.45) is 0.576. The van der Waals surface area contributed by atoms with Crippen LogP contribution in [0, 0.1) is 0 Å². The number of ether oxygens (including phenoxy) is 3. The van der Waals surface area contributed by atoms with Gasteiger partial charge in [-0.2, -0.15) is 0 Å². The average molecular weight is 573 g/mol. The zero-order valence-corrected chi connectivity index (χ0v) is 23.5. The number of hydrogen-bond acceptors (Lipinski definition) is 9. The maximum Gasteiger partial charge on any atom is 0.414 e. The van der Waals surface area contributed by atoms with Crippen molar-refractivity contribution < 1.29 is 43.6 Å². The maximum atomic E-state index is 13.7. The molecule has 3 aromatic carbocycles. The number of ketones is 2. The quantitative estimate of drug-likeness (QED) is 0.371. The molecule has 0 radical (unpaired) electrons. The summed E-state index contributed by atoms with van der Waals surface area (Å²) in [5, 5.41) is 25.8. The normalized spacial score (nSPS) is 17.2. The van der Waals surface area contributed by atoms with Crippen LogP contribution in [0.15, 0.2) is 65.6 Å². The van der Waals surface area contributed by atoms with Gasteiger partial charge in [0.2, 0.25) is 0 Å². The number of fused-ring (bicyclic) bond motifs is 4. The number of rotatable bonds is 6. The van der Waals surface area contributed by atoms with Crippen molar-refractivity contribution in [3.8, 4) is 23.0 Å². The maximum absolute atomic E-state index is 13.7. The number of nitrogens with zero attached hydrogens (tertiary/aromatic N) is 1. The van der Waals surface area contributed by atoms with E-state index in [4.69, 9.17) is 14.2 Å². The Morgan fingerprint density at radius 1 is 1.10 bits per heavy atom. The third-order valence-corrected chi connectivity index (χ3v) is 7.36. The summed E-state index contributed by atoms with van der Waals surface area (Å²) in [4.78, 5) is 52.8. The van der Waals surface area contributed by atoms with Crippen LogP contribution in [-0.4, -0.2) is 59.9 Å². The van der Waals surface area contributed by atoms with Crippen LogP contribution in [0.2, 0.25) is 0 Å². The van der Waals surface area contributed by atoms with Crippen molar-refractivity contribution >= 4 is 34.3 Å². The lowest BCUT2D eigenvalue weighted by atomic mass is 9.71. The van der Waals surface area contributed by atoms with Gasteiger partial charge in [0, 0.05) is 32.8 Å². The molecule has 0 saturated heterocycles. The Balaban J connectivity index is 1.54. The lowest BCUT2D eigenvalue weighted by Crippen LogP contribution is -2.38. The van der Waals surface area contributed by atoms with Crippen LogP contribution in [0.25, 0.3) is 10.8 Å². The monoisotopic (exact) mass is 572 g/mol. The minimum Gasteiger partial charge on any atom is -0.507 e. The number of amides is 2. The summed E-state index contributed by atoms with van der Waals surface area (Å²) in [6, 6.07) is 12.0. The second kappa shape index (κ2) is 10.3. The van der Waals surface area contributed by atoms with Gasteiger partial charge in [0.15, 0.2) is 17.3 Å². The van der Waals surface area contributed by atoms with E-state index < -0.39 is 40.3 Å². The lowest BCUT2D eigenvalue weighted by molar-refractivity contribution is -0.123. The van der Waals surface area contributed by atoms with Crippen LogP contribution in [0.4, 0.5) is 4.79 Å². The smallest absolute Gasteiger partial charge is 0.414 e. The molecular weight excluding hydrogens is 544 g/mol. The molecule has 0 unspecified atom stereocenters. The number of nitrogens with one attached hydrogen (secondary N) is 1. The highest BCUT2D eigenvalue weighted by molar-refractivity contribution is 6.25. The van der Waals surface area contributed by atoms with Gasteiger partial charge >= 0.3 is 6.09 Å². The predicted molar refractivity (Wildman–Crippen MR) is 151 cm³/mol. The zero-order valence-electron chi connectivity index (χ0n) is 23.5. The largest absolute Gasteiger partial charge is 0.507 e. The Bertz CT molecular complexity index is 1770. The number of hydrogen-bond donors (Lipinski definition) is 3. The number of benzene rings is 3. The second-order valence-corrected chi connectivity index (χ2v) is 10.3. The summed E-state index contributed by atoms with van der Waals surface area (Å²) in [6.45, 7) is 2.60. The van der Waals surface area contributed by atoms with Crippen molar-refractivity contribution in [2.75, 3.05) is 21.2 Å². The van der Waals surface area contributed by atoms with E-state index in [0.717, 1.165) is 23.8 Å². The molecule has 0 saturated carbocycles. The molecule has 1 heterocycles. The van der Waals surface area contributed by atoms with Gasteiger partial charge in [-0.05, 0) is 42.3 Å². The van der Waals surface area contributed by atoms with Crippen molar-refractivity contribution in [2.45, 2.75) is 25.8 Å². The molecule has 11 nitrogen and oxygen atoms in total. The van der Waals surface area contributed by atoms with Gasteiger partial charge in [-0.3, -0.25) is 14.4 Å². The number of methoxy groups -OCH3 is 1. The molecule has 0 fully saturated rings. The van der Waals surface area contributed by atoms with Crippen LogP contribution in [0.3, 0.4) is 0 Å². The van der Waals surface area contributed by atoms with Crippen LogP contribution < -0.4 is 19.5 Å². The van der Waals surface area contributed by atoms with E-state index in [0.29, 0.717) is 11.3 Å². The second-order valence-electron chi connectivity index (χ2n) is 10.3. The van der Waals surface area contributed by atoms with Gasteiger partial charge < -0.3 is 34.6 Å². The first-order valence-corrected chi connectivity index (χ1v) is 12.9. The summed E-state index contributed by atoms with van der Waals surface area (Å²) in [7, 11) is 4.44. The highest BCUT2D eigenvalue weighted by Gasteiger charge is 2.55. The van der Waals surface area contributed by atoms with Gasteiger partial charge in [0.25, 0.3) is 5.91 Å². The Morgan fingerprint density at radius 3 is 2.48 bits per heavy atom. The third-order valence-electron chi connectivity index (χ3n) is 7.36. The Morgan fingerprint density at radius 2 is 1.81 bits per heavy atom. The van der Waals surface area contributed by atoms with Gasteiger partial charge in [-0.25, -0.2) is 4.79 Å². The Labute approximate surface area is 240 Å². The molecule has 1 aliphatic carbocycles. The number of Topliss-reactive ketones (excluding diaryl/α,β-unsaturated/α-hetero) is 2. The molecule has 3 N–H and O–H groups in total. The van der Waals surface area contributed by atoms with E-state index in [1.807, 2.05) is 24.3 Å². The minimum atomic E-state index is -1.67. The number of phenolic OH excluding ortho intramolecular Hbond substituents is 1. The van der Waals surface area contributed by atoms with Gasteiger partial charge in [-0.1, -0.05) is 24.3 Å². The number of carbonyl (C=O) groups is 4. The zero-order chi connectivity index (χ0) is 30.5. The van der Waals surface area contributed by atoms with Crippen LogP contribution in [0.1, 0.15) is 35.3 Å². The first-order valence-electron chi connectivity index (χ1n) is 12.9. The molecule has 0 bridgehead atoms. The SMILES string of the molecule is COc1cc(O)c2c(c1C(=O)NCc1cc(OC(=O)N(C)C)cc3ccccc13)OC1=CC(O)=C(C(C)=O)C(=O)[C@]12C. The molecule has 5 rings (SSSR count). The molecule has 11 heteroatoms. The van der Waals surface area contributed by atoms with Crippen molar-refractivity contribution in [1.82, 2.24) is 10.2 Å². The fourth-order valence-electron chi connectivity index (χ4n) is 5.24. The first kappa shape index (κ1) is 28.2. The van der Waals surface area contributed by atoms with Gasteiger partial charge in [0.1, 0.15) is 45.3 Å². The summed E-state index contributed by atoms with van der Waals surface area (Å²) in [5.41, 5.74) is -1.58. The summed E-state index contributed by atoms with van der Waals surface area (Å²) >= 11 is 0. The lowest BCUT2D eigenvalue weighted by Gasteiger charge is -2.27. The van der Waals surface area contributed by atoms with Gasteiger partial charge in [-0.15, -0.1) is 0 Å². The van der Waals surface area contributed by atoms with Crippen molar-refractivity contribution in [3.63, 3.8) is 0 Å². The molecule has 0 spiro atoms. The van der Waals surface area contributed by atoms with E-state index in [1.54, 1.807) is 26.2 Å². The third kappa shape index (κ3) is 4.39. The fourth-order valence-corrected chi connectivity index (χ4v) is 5.24. The highest BCUT2D eigenvalue weighted by atomic mass is 16.6. The predicted octanol–water partition coefficient (Wildman–Crippen LogP) is 4.06. The number of phenols is 1. The van der Waals surface area contributed by atoms with E-state index in [2.05, 4.69) is 5.32 Å². The molecule has 2 amide bonds. The summed E-state index contributed by atoms with van der Waals surface area (Å²) < 4.78 is 16.8. The number of aliphatic hydroxyl groups excluding tert-OH is 1. The summed E-state index contributed by atoms with van der Waals surface area (Å²) in [5.74, 6) is -2.95. The van der Waals surface area contributed by atoms with Crippen LogP contribution in [-0.2, 0) is 21.5 Å². The van der Waals surface area contributed by atoms with E-state index in [9.17, 15) is 29.4 Å². The Hall–Kier alpha value is -5.32. The molecule has 0 aromatic heterocycles. The van der Waals surface area contributed by atoms with Crippen molar-refractivity contribution in [2.24, 2.45) is 0 Å². The van der Waals surface area contributed by atoms with E-state index in [1.165, 1.54) is 25.0 Å². The highest BCUT2D eigenvalue weighted by Crippen LogP contribution is 2.56. The molecule has 2 aliphatic rings. The molecule has 3 aromatic rings. The molecule has 42 heavy (non-hydrogen) atoms. The molecule has 1 atom stereocenters. The molecule has 1 aliphatic heterocycles. The minimum absolute atomic E-state index is 0.00122. The van der Waals surface area contributed by atoms with E-state index in [-0.39, 0.29) is 40.7 Å². The van der Waals surface area contributed by atoms with E-state index >= 15 is 0 Å². The Kier molecular flexibility index (Phi) is 6.89. The number of carbonyl (C=O) groups excluding carboxylic acids is 4. The standard InChI is InChI=1S/C31H28N2O9/c1-15(34)24-20(35)13-23-31(2,28(24)37)26-21(36)12-22(40-5)25(27(26)42-23)29(38)32-14-17-11-18(41-30(39)33(3)4)10-16-8-6-7-9-19(16)17/h6-13,35-36H,14H2,1-5H3,(H,32,38)/t31-/m1/s1. The number of allylic oxidation sites excluding steroid dienone is 3. The molecular formula is C31H28N2O9. The first-order chi connectivity index (χ1) is 19.9. The van der Waals surface area contributed by atoms with Crippen LogP contribution in [0.5, 0.6) is 23.0 Å². The van der Waals surface area contributed by atoms with Crippen molar-refractivity contribution in [1.29, 1.82) is 0 Å². The van der Waals surface area contributed by atoms with Crippen LogP contribution >= 0.6 is 0 Å². The molecule has 216 valence electrons. The topological polar surface area (TPSA) is 152 Å². The number of aromatic hydroxyl groups is 1.